The third-order valence-corrected chi connectivity index (χ3v) is 7.40. The lowest BCUT2D eigenvalue weighted by Crippen LogP contribution is -2.40. The smallest absolute Gasteiger partial charge is 0.252 e. The fraction of sp³-hybridized carbons (Fsp3) is 0.692. The van der Waals surface area contributed by atoms with Gasteiger partial charge in [0.05, 0.1) is 0 Å². The van der Waals surface area contributed by atoms with E-state index in [9.17, 15) is 8.42 Å². The molecular formula is C13H20N2O2S2. The van der Waals surface area contributed by atoms with E-state index in [2.05, 4.69) is 5.32 Å². The van der Waals surface area contributed by atoms with Crippen molar-refractivity contribution in [2.24, 2.45) is 0 Å². The Morgan fingerprint density at radius 1 is 1.37 bits per heavy atom. The van der Waals surface area contributed by atoms with E-state index < -0.39 is 10.0 Å². The SMILES string of the molecule is CN(C1CCC1)S(=O)(=O)c1cc(CNC2CC2)cs1. The van der Waals surface area contributed by atoms with Crippen molar-refractivity contribution in [3.05, 3.63) is 17.0 Å². The monoisotopic (exact) mass is 300 g/mol. The average Bonchev–Trinajstić information content (AvgIpc) is 3.01. The van der Waals surface area contributed by atoms with Gasteiger partial charge in [0, 0.05) is 25.7 Å². The van der Waals surface area contributed by atoms with Crippen molar-refractivity contribution in [1.82, 2.24) is 9.62 Å². The van der Waals surface area contributed by atoms with E-state index in [1.54, 1.807) is 11.4 Å². The fourth-order valence-corrected chi connectivity index (χ4v) is 5.03. The minimum absolute atomic E-state index is 0.208. The molecule has 0 aromatic carbocycles. The summed E-state index contributed by atoms with van der Waals surface area (Å²) in [6, 6.07) is 2.68. The molecule has 2 aliphatic carbocycles. The zero-order chi connectivity index (χ0) is 13.5. The van der Waals surface area contributed by atoms with Gasteiger partial charge in [-0.05, 0) is 42.7 Å². The normalized spacial score (nSPS) is 20.7. The van der Waals surface area contributed by atoms with Gasteiger partial charge in [-0.3, -0.25) is 0 Å². The van der Waals surface area contributed by atoms with Gasteiger partial charge < -0.3 is 5.32 Å². The molecule has 106 valence electrons. The van der Waals surface area contributed by atoms with E-state index in [0.717, 1.165) is 31.4 Å². The van der Waals surface area contributed by atoms with Gasteiger partial charge in [-0.15, -0.1) is 11.3 Å². The van der Waals surface area contributed by atoms with Crippen molar-refractivity contribution in [3.8, 4) is 0 Å². The molecule has 4 nitrogen and oxygen atoms in total. The van der Waals surface area contributed by atoms with Gasteiger partial charge in [-0.1, -0.05) is 6.42 Å². The third-order valence-electron chi connectivity index (χ3n) is 4.02. The van der Waals surface area contributed by atoms with E-state index >= 15 is 0 Å². The highest BCUT2D eigenvalue weighted by molar-refractivity contribution is 7.91. The molecule has 0 unspecified atom stereocenters. The van der Waals surface area contributed by atoms with Crippen LogP contribution in [-0.4, -0.2) is 31.9 Å². The third kappa shape index (κ3) is 2.86. The predicted molar refractivity (Wildman–Crippen MR) is 76.8 cm³/mol. The molecule has 0 saturated heterocycles. The second kappa shape index (κ2) is 5.16. The predicted octanol–water partition coefficient (Wildman–Crippen LogP) is 2.17. The van der Waals surface area contributed by atoms with Crippen LogP contribution < -0.4 is 5.32 Å². The van der Waals surface area contributed by atoms with Crippen LogP contribution in [-0.2, 0) is 16.6 Å². The minimum Gasteiger partial charge on any atom is -0.310 e. The van der Waals surface area contributed by atoms with E-state index in [-0.39, 0.29) is 6.04 Å². The first-order chi connectivity index (χ1) is 9.07. The van der Waals surface area contributed by atoms with Crippen molar-refractivity contribution in [1.29, 1.82) is 0 Å². The van der Waals surface area contributed by atoms with Crippen LogP contribution in [0.25, 0.3) is 0 Å². The Kier molecular flexibility index (Phi) is 3.68. The molecule has 0 atom stereocenters. The van der Waals surface area contributed by atoms with Gasteiger partial charge >= 0.3 is 0 Å². The molecule has 1 heterocycles. The van der Waals surface area contributed by atoms with Crippen LogP contribution in [0.5, 0.6) is 0 Å². The molecule has 2 aliphatic rings. The molecule has 0 radical (unpaired) electrons. The standard InChI is InChI=1S/C13H20N2O2S2/c1-15(12-3-2-4-12)19(16,17)13-7-10(9-18-13)8-14-11-5-6-11/h7,9,11-12,14H,2-6,8H2,1H3. The molecule has 3 rings (SSSR count). The lowest BCUT2D eigenvalue weighted by atomic mass is 9.94. The van der Waals surface area contributed by atoms with E-state index in [1.807, 2.05) is 11.4 Å². The molecule has 2 fully saturated rings. The summed E-state index contributed by atoms with van der Waals surface area (Å²) in [5.41, 5.74) is 1.08. The lowest BCUT2D eigenvalue weighted by molar-refractivity contribution is 0.250. The Balaban J connectivity index is 1.69. The number of rotatable bonds is 6. The van der Waals surface area contributed by atoms with Crippen molar-refractivity contribution < 1.29 is 8.42 Å². The summed E-state index contributed by atoms with van der Waals surface area (Å²) in [7, 11) is -1.57. The van der Waals surface area contributed by atoms with Crippen LogP contribution in [0, 0.1) is 0 Å². The van der Waals surface area contributed by atoms with Crippen molar-refractivity contribution in [3.63, 3.8) is 0 Å². The topological polar surface area (TPSA) is 49.4 Å². The van der Waals surface area contributed by atoms with Crippen LogP contribution in [0.15, 0.2) is 15.7 Å². The molecule has 0 spiro atoms. The number of hydrogen-bond donors (Lipinski definition) is 1. The summed E-state index contributed by atoms with van der Waals surface area (Å²) in [6.07, 6.45) is 5.64. The summed E-state index contributed by atoms with van der Waals surface area (Å²) in [4.78, 5) is 0. The first-order valence-corrected chi connectivity index (χ1v) is 9.18. The quantitative estimate of drug-likeness (QED) is 0.876. The highest BCUT2D eigenvalue weighted by Crippen LogP contribution is 2.31. The number of nitrogens with zero attached hydrogens (tertiary/aromatic N) is 1. The maximum absolute atomic E-state index is 12.4. The highest BCUT2D eigenvalue weighted by Gasteiger charge is 2.32. The molecule has 19 heavy (non-hydrogen) atoms. The molecule has 1 N–H and O–H groups in total. The van der Waals surface area contributed by atoms with Gasteiger partial charge in [0.1, 0.15) is 4.21 Å². The Bertz CT molecular complexity index is 545. The maximum atomic E-state index is 12.4. The minimum atomic E-state index is -3.28. The van der Waals surface area contributed by atoms with Crippen LogP contribution in [0.1, 0.15) is 37.7 Å². The summed E-state index contributed by atoms with van der Waals surface area (Å²) in [5, 5.41) is 5.37. The highest BCUT2D eigenvalue weighted by atomic mass is 32.2. The number of nitrogens with one attached hydrogen (secondary N) is 1. The fourth-order valence-electron chi connectivity index (χ4n) is 2.22. The van der Waals surface area contributed by atoms with Gasteiger partial charge in [0.25, 0.3) is 10.0 Å². The van der Waals surface area contributed by atoms with E-state index in [0.29, 0.717) is 10.3 Å². The van der Waals surface area contributed by atoms with Crippen molar-refractivity contribution in [2.45, 2.75) is 54.9 Å². The van der Waals surface area contributed by atoms with E-state index in [1.165, 1.54) is 24.2 Å². The maximum Gasteiger partial charge on any atom is 0.252 e. The van der Waals surface area contributed by atoms with Gasteiger partial charge in [0.2, 0.25) is 0 Å². The molecule has 1 aromatic rings. The Labute approximate surface area is 118 Å². The van der Waals surface area contributed by atoms with Crippen LogP contribution in [0.3, 0.4) is 0 Å². The zero-order valence-corrected chi connectivity index (χ0v) is 12.8. The van der Waals surface area contributed by atoms with Crippen LogP contribution >= 0.6 is 11.3 Å². The van der Waals surface area contributed by atoms with Crippen molar-refractivity contribution in [2.75, 3.05) is 7.05 Å². The Morgan fingerprint density at radius 2 is 2.11 bits per heavy atom. The second-order valence-electron chi connectivity index (χ2n) is 5.54. The molecule has 0 bridgehead atoms. The Morgan fingerprint density at radius 3 is 2.68 bits per heavy atom. The summed E-state index contributed by atoms with van der Waals surface area (Å²) >= 11 is 1.34. The lowest BCUT2D eigenvalue weighted by Gasteiger charge is -2.33. The first kappa shape index (κ1) is 13.5. The molecule has 0 amide bonds. The summed E-state index contributed by atoms with van der Waals surface area (Å²) < 4.78 is 26.9. The Hall–Kier alpha value is -0.430. The van der Waals surface area contributed by atoms with E-state index in [4.69, 9.17) is 0 Å². The number of sulfonamides is 1. The first-order valence-electron chi connectivity index (χ1n) is 6.86. The molecule has 6 heteroatoms. The largest absolute Gasteiger partial charge is 0.310 e. The van der Waals surface area contributed by atoms with Gasteiger partial charge in [-0.25, -0.2) is 8.42 Å². The number of hydrogen-bond acceptors (Lipinski definition) is 4. The molecule has 1 aromatic heterocycles. The zero-order valence-electron chi connectivity index (χ0n) is 11.1. The van der Waals surface area contributed by atoms with Gasteiger partial charge in [0.15, 0.2) is 0 Å². The molecule has 0 aliphatic heterocycles. The molecular weight excluding hydrogens is 280 g/mol. The average molecular weight is 300 g/mol. The second-order valence-corrected chi connectivity index (χ2v) is 8.67. The molecule has 2 saturated carbocycles. The van der Waals surface area contributed by atoms with Gasteiger partial charge in [-0.2, -0.15) is 4.31 Å². The van der Waals surface area contributed by atoms with Crippen LogP contribution in [0.4, 0.5) is 0 Å². The summed E-state index contributed by atoms with van der Waals surface area (Å²) in [5.74, 6) is 0. The van der Waals surface area contributed by atoms with Crippen LogP contribution in [0.2, 0.25) is 0 Å². The van der Waals surface area contributed by atoms with Crippen molar-refractivity contribution >= 4 is 21.4 Å². The number of thiophene rings is 1. The summed E-state index contributed by atoms with van der Waals surface area (Å²) in [6.45, 7) is 0.782.